The van der Waals surface area contributed by atoms with Crippen molar-refractivity contribution in [2.75, 3.05) is 39.5 Å². The quantitative estimate of drug-likeness (QED) is 0.249. The number of rotatable bonds is 8. The van der Waals surface area contributed by atoms with Crippen LogP contribution in [0.15, 0.2) is 30.0 Å². The molecule has 0 bridgehead atoms. The van der Waals surface area contributed by atoms with Gasteiger partial charge in [-0.3, -0.25) is 14.5 Å². The molecule has 2 aliphatic rings. The monoisotopic (exact) mass is 472 g/mol. The number of morpholine rings is 1. The van der Waals surface area contributed by atoms with Gasteiger partial charge in [-0.1, -0.05) is 29.3 Å². The third kappa shape index (κ3) is 7.08. The van der Waals surface area contributed by atoms with Crippen molar-refractivity contribution in [3.8, 4) is 0 Å². The third-order valence-electron chi connectivity index (χ3n) is 4.68. The summed E-state index contributed by atoms with van der Waals surface area (Å²) < 4.78 is 15.8. The summed E-state index contributed by atoms with van der Waals surface area (Å²) in [6.45, 7) is 7.67. The predicted octanol–water partition coefficient (Wildman–Crippen LogP) is 3.17. The second-order valence-electron chi connectivity index (χ2n) is 7.66. The first kappa shape index (κ1) is 23.8. The summed E-state index contributed by atoms with van der Waals surface area (Å²) in [5, 5.41) is 1.97. The third-order valence-corrected chi connectivity index (χ3v) is 5.41. The average Bonchev–Trinajstić information content (AvgIpc) is 2.98. The second kappa shape index (κ2) is 10.7. The molecule has 1 aromatic rings. The van der Waals surface area contributed by atoms with E-state index in [0.717, 1.165) is 50.9 Å². The summed E-state index contributed by atoms with van der Waals surface area (Å²) in [5.74, 6) is -2.51. The van der Waals surface area contributed by atoms with Gasteiger partial charge in [-0.2, -0.15) is 0 Å². The van der Waals surface area contributed by atoms with Crippen molar-refractivity contribution < 1.29 is 28.6 Å². The summed E-state index contributed by atoms with van der Waals surface area (Å²) in [7, 11) is 0. The van der Waals surface area contributed by atoms with Crippen molar-refractivity contribution in [3.63, 3.8) is 0 Å². The highest BCUT2D eigenvalue weighted by Gasteiger charge is 2.38. The molecule has 10 heteroatoms. The van der Waals surface area contributed by atoms with Gasteiger partial charge < -0.3 is 14.2 Å². The molecule has 0 spiro atoms. The Balaban J connectivity index is 1.64. The van der Waals surface area contributed by atoms with Crippen molar-refractivity contribution >= 4 is 35.1 Å². The van der Waals surface area contributed by atoms with Crippen LogP contribution in [0, 0.1) is 0 Å². The molecule has 31 heavy (non-hydrogen) atoms. The number of hydrogen-bond donors (Lipinski definition) is 0. The van der Waals surface area contributed by atoms with Gasteiger partial charge in [0.05, 0.1) is 42.5 Å². The maximum Gasteiger partial charge on any atom is 0.377 e. The zero-order valence-corrected chi connectivity index (χ0v) is 19.1. The van der Waals surface area contributed by atoms with Crippen molar-refractivity contribution in [1.29, 1.82) is 0 Å². The Bertz CT molecular complexity index is 839. The standard InChI is InChI=1S/C21H26Cl2N2O6/c1-21(2)30-18(20(27)31-21)13-19(26)25(14-15-4-5-16(22)17(23)12-15)29-9-3-6-24-7-10-28-11-8-24/h4-5,12-13H,3,6-11,14H2,1-2H3/b18-13-. The van der Waals surface area contributed by atoms with Crippen molar-refractivity contribution in [2.24, 2.45) is 0 Å². The summed E-state index contributed by atoms with van der Waals surface area (Å²) in [5.41, 5.74) is 0.726. The van der Waals surface area contributed by atoms with Crippen LogP contribution in [0.25, 0.3) is 0 Å². The maximum absolute atomic E-state index is 12.9. The predicted molar refractivity (Wildman–Crippen MR) is 114 cm³/mol. The van der Waals surface area contributed by atoms with E-state index in [1.54, 1.807) is 32.0 Å². The molecule has 1 amide bonds. The van der Waals surface area contributed by atoms with Crippen molar-refractivity contribution in [2.45, 2.75) is 32.6 Å². The van der Waals surface area contributed by atoms with Gasteiger partial charge in [0.1, 0.15) is 0 Å². The number of amides is 1. The van der Waals surface area contributed by atoms with Crippen molar-refractivity contribution in [3.05, 3.63) is 45.6 Å². The van der Waals surface area contributed by atoms with Gasteiger partial charge in [-0.15, -0.1) is 0 Å². The van der Waals surface area contributed by atoms with Gasteiger partial charge in [0.2, 0.25) is 11.5 Å². The average molecular weight is 473 g/mol. The number of esters is 1. The highest BCUT2D eigenvalue weighted by Crippen LogP contribution is 2.27. The highest BCUT2D eigenvalue weighted by molar-refractivity contribution is 6.42. The van der Waals surface area contributed by atoms with Crippen LogP contribution in [0.5, 0.6) is 0 Å². The lowest BCUT2D eigenvalue weighted by atomic mass is 10.2. The zero-order valence-electron chi connectivity index (χ0n) is 17.6. The Kier molecular flexibility index (Phi) is 8.18. The number of ether oxygens (including phenoxy) is 3. The van der Waals surface area contributed by atoms with E-state index < -0.39 is 17.7 Å². The number of cyclic esters (lactones) is 1. The van der Waals surface area contributed by atoms with E-state index in [9.17, 15) is 9.59 Å². The number of benzene rings is 1. The lowest BCUT2D eigenvalue weighted by Crippen LogP contribution is -2.37. The highest BCUT2D eigenvalue weighted by atomic mass is 35.5. The first-order chi connectivity index (χ1) is 14.7. The number of halogens is 2. The molecular weight excluding hydrogens is 447 g/mol. The maximum atomic E-state index is 12.9. The van der Waals surface area contributed by atoms with Crippen LogP contribution >= 0.6 is 23.2 Å². The number of hydroxylamine groups is 2. The van der Waals surface area contributed by atoms with Gasteiger partial charge in [0.15, 0.2) is 0 Å². The van der Waals surface area contributed by atoms with E-state index in [1.807, 2.05) is 0 Å². The smallest absolute Gasteiger partial charge is 0.377 e. The van der Waals surface area contributed by atoms with Gasteiger partial charge >= 0.3 is 5.97 Å². The zero-order chi connectivity index (χ0) is 22.4. The number of nitrogens with zero attached hydrogens (tertiary/aromatic N) is 2. The molecule has 0 N–H and O–H groups in total. The van der Waals surface area contributed by atoms with E-state index >= 15 is 0 Å². The fourth-order valence-corrected chi connectivity index (χ4v) is 3.47. The van der Waals surface area contributed by atoms with Gasteiger partial charge in [0.25, 0.3) is 5.91 Å². The van der Waals surface area contributed by atoms with Crippen LogP contribution in [0.2, 0.25) is 10.0 Å². The first-order valence-electron chi connectivity index (χ1n) is 10.1. The summed E-state index contributed by atoms with van der Waals surface area (Å²) in [4.78, 5) is 32.9. The van der Waals surface area contributed by atoms with Gasteiger partial charge in [-0.25, -0.2) is 9.86 Å². The summed E-state index contributed by atoms with van der Waals surface area (Å²) in [6, 6.07) is 5.07. The number of carbonyl (C=O) groups excluding carboxylic acids is 2. The molecule has 0 radical (unpaired) electrons. The van der Waals surface area contributed by atoms with Crippen LogP contribution in [-0.2, 0) is 35.2 Å². The minimum atomic E-state index is -1.11. The molecule has 3 rings (SSSR count). The summed E-state index contributed by atoms with van der Waals surface area (Å²) >= 11 is 12.1. The normalized spacial score (nSPS) is 19.9. The van der Waals surface area contributed by atoms with E-state index in [2.05, 4.69) is 4.90 Å². The molecule has 2 aliphatic heterocycles. The molecular formula is C21H26Cl2N2O6. The Labute approximate surface area is 191 Å². The Hall–Kier alpha value is -1.84. The molecule has 2 saturated heterocycles. The topological polar surface area (TPSA) is 77.5 Å². The minimum absolute atomic E-state index is 0.121. The number of carbonyl (C=O) groups is 2. The second-order valence-corrected chi connectivity index (χ2v) is 8.48. The van der Waals surface area contributed by atoms with Crippen molar-refractivity contribution in [1.82, 2.24) is 9.96 Å². The Morgan fingerprint density at radius 1 is 1.23 bits per heavy atom. The molecule has 170 valence electrons. The molecule has 2 heterocycles. The van der Waals surface area contributed by atoms with Crippen LogP contribution in [0.1, 0.15) is 25.8 Å². The SMILES string of the molecule is CC1(C)OC(=O)/C(=C/C(=O)N(Cc2ccc(Cl)c(Cl)c2)OCCCN2CCOCC2)O1. The fourth-order valence-electron chi connectivity index (χ4n) is 3.15. The van der Waals surface area contributed by atoms with Gasteiger partial charge in [-0.05, 0) is 24.1 Å². The largest absolute Gasteiger partial charge is 0.445 e. The van der Waals surface area contributed by atoms with Crippen LogP contribution in [0.3, 0.4) is 0 Å². The summed E-state index contributed by atoms with van der Waals surface area (Å²) in [6.07, 6.45) is 1.81. The van der Waals surface area contributed by atoms with Crippen LogP contribution < -0.4 is 0 Å². The first-order valence-corrected chi connectivity index (χ1v) is 10.8. The van der Waals surface area contributed by atoms with E-state index in [0.29, 0.717) is 16.7 Å². The molecule has 0 unspecified atom stereocenters. The molecule has 2 fully saturated rings. The lowest BCUT2D eigenvalue weighted by molar-refractivity contribution is -0.186. The van der Waals surface area contributed by atoms with E-state index in [-0.39, 0.29) is 12.3 Å². The molecule has 0 saturated carbocycles. The minimum Gasteiger partial charge on any atom is -0.445 e. The lowest BCUT2D eigenvalue weighted by Gasteiger charge is -2.27. The molecule has 1 aromatic carbocycles. The fraction of sp³-hybridized carbons (Fsp3) is 0.524. The van der Waals surface area contributed by atoms with Crippen LogP contribution in [-0.4, -0.2) is 67.1 Å². The molecule has 0 aromatic heterocycles. The molecule has 0 atom stereocenters. The van der Waals surface area contributed by atoms with Crippen LogP contribution in [0.4, 0.5) is 0 Å². The van der Waals surface area contributed by atoms with E-state index in [4.69, 9.17) is 42.3 Å². The van der Waals surface area contributed by atoms with E-state index in [1.165, 1.54) is 5.06 Å². The molecule has 8 nitrogen and oxygen atoms in total. The van der Waals surface area contributed by atoms with Gasteiger partial charge in [0, 0.05) is 33.5 Å². The number of hydrogen-bond acceptors (Lipinski definition) is 7. The molecule has 0 aliphatic carbocycles. The Morgan fingerprint density at radius 2 is 1.97 bits per heavy atom. The Morgan fingerprint density at radius 3 is 2.61 bits per heavy atom.